The van der Waals surface area contributed by atoms with Crippen LogP contribution < -0.4 is 5.73 Å². The summed E-state index contributed by atoms with van der Waals surface area (Å²) in [6.45, 7) is 2.59. The molecule has 3 rings (SSSR count). The third-order valence-electron chi connectivity index (χ3n) is 3.40. The molecule has 0 atom stereocenters. The first-order chi connectivity index (χ1) is 9.20. The molecule has 4 nitrogen and oxygen atoms in total. The monoisotopic (exact) mass is 252 g/mol. The van der Waals surface area contributed by atoms with E-state index in [0.29, 0.717) is 6.54 Å². The second-order valence-corrected chi connectivity index (χ2v) is 4.69. The molecule has 0 aliphatic heterocycles. The van der Waals surface area contributed by atoms with Crippen molar-refractivity contribution in [2.24, 2.45) is 12.8 Å². The van der Waals surface area contributed by atoms with Crippen LogP contribution in [0.4, 0.5) is 0 Å². The van der Waals surface area contributed by atoms with Crippen LogP contribution in [-0.2, 0) is 13.6 Å². The normalized spacial score (nSPS) is 11.1. The topological polar surface area (TPSA) is 56.7 Å². The summed E-state index contributed by atoms with van der Waals surface area (Å²) in [5.41, 5.74) is 10.9. The minimum Gasteiger partial charge on any atom is -0.326 e. The van der Waals surface area contributed by atoms with E-state index in [1.807, 2.05) is 38.2 Å². The lowest BCUT2D eigenvalue weighted by Gasteiger charge is -2.04. The van der Waals surface area contributed by atoms with Crippen molar-refractivity contribution in [1.82, 2.24) is 14.5 Å². The first-order valence-corrected chi connectivity index (χ1v) is 6.28. The largest absolute Gasteiger partial charge is 0.326 e. The summed E-state index contributed by atoms with van der Waals surface area (Å²) in [6.07, 6.45) is 1.80. The number of nitrogens with two attached hydrogens (primary N) is 1. The number of pyridine rings is 1. The molecule has 0 aliphatic carbocycles. The molecule has 4 heteroatoms. The predicted molar refractivity (Wildman–Crippen MR) is 76.6 cm³/mol. The van der Waals surface area contributed by atoms with E-state index in [-0.39, 0.29) is 0 Å². The minimum absolute atomic E-state index is 0.541. The number of benzene rings is 1. The van der Waals surface area contributed by atoms with E-state index in [1.165, 1.54) is 0 Å². The molecule has 96 valence electrons. The highest BCUT2D eigenvalue weighted by Gasteiger charge is 2.12. The Morgan fingerprint density at radius 2 is 2.11 bits per heavy atom. The van der Waals surface area contributed by atoms with Crippen molar-refractivity contribution in [3.63, 3.8) is 0 Å². The molecule has 0 unspecified atom stereocenters. The molecule has 1 aromatic carbocycles. The Kier molecular flexibility index (Phi) is 2.80. The van der Waals surface area contributed by atoms with Crippen molar-refractivity contribution in [3.05, 3.63) is 47.7 Å². The molecule has 0 saturated heterocycles. The summed E-state index contributed by atoms with van der Waals surface area (Å²) in [5, 5.41) is 0. The number of hydrogen-bond acceptors (Lipinski definition) is 3. The maximum absolute atomic E-state index is 5.69. The van der Waals surface area contributed by atoms with E-state index in [2.05, 4.69) is 20.6 Å². The molecule has 0 spiro atoms. The van der Waals surface area contributed by atoms with Gasteiger partial charge in [0.05, 0.1) is 11.0 Å². The molecule has 2 heterocycles. The second kappa shape index (κ2) is 4.48. The molecule has 19 heavy (non-hydrogen) atoms. The minimum atomic E-state index is 0.541. The Morgan fingerprint density at radius 3 is 2.84 bits per heavy atom. The van der Waals surface area contributed by atoms with Gasteiger partial charge in [-0.1, -0.05) is 12.1 Å². The maximum Gasteiger partial charge on any atom is 0.159 e. The highest BCUT2D eigenvalue weighted by molar-refractivity contribution is 5.81. The van der Waals surface area contributed by atoms with Crippen LogP contribution in [0, 0.1) is 6.92 Å². The van der Waals surface area contributed by atoms with E-state index in [0.717, 1.165) is 33.7 Å². The van der Waals surface area contributed by atoms with Gasteiger partial charge in [-0.2, -0.15) is 0 Å². The quantitative estimate of drug-likeness (QED) is 0.762. The van der Waals surface area contributed by atoms with Gasteiger partial charge in [0.15, 0.2) is 5.82 Å². The van der Waals surface area contributed by atoms with Crippen LogP contribution in [0.15, 0.2) is 36.5 Å². The lowest BCUT2D eigenvalue weighted by atomic mass is 10.2. The van der Waals surface area contributed by atoms with Crippen LogP contribution in [0.2, 0.25) is 0 Å². The molecule has 3 aromatic rings. The Hall–Kier alpha value is -2.20. The molecule has 2 N–H and O–H groups in total. The van der Waals surface area contributed by atoms with Gasteiger partial charge in [-0.15, -0.1) is 0 Å². The van der Waals surface area contributed by atoms with Crippen molar-refractivity contribution < 1.29 is 0 Å². The van der Waals surface area contributed by atoms with Gasteiger partial charge in [-0.05, 0) is 36.2 Å². The number of fused-ring (bicyclic) bond motifs is 1. The van der Waals surface area contributed by atoms with Gasteiger partial charge < -0.3 is 10.3 Å². The lowest BCUT2D eigenvalue weighted by Crippen LogP contribution is -1.98. The summed E-state index contributed by atoms with van der Waals surface area (Å²) >= 11 is 0. The Labute approximate surface area is 111 Å². The highest BCUT2D eigenvalue weighted by Crippen LogP contribution is 2.24. The molecule has 0 fully saturated rings. The van der Waals surface area contributed by atoms with Crippen molar-refractivity contribution in [2.45, 2.75) is 13.5 Å². The molecule has 2 aromatic heterocycles. The number of hydrogen-bond donors (Lipinski definition) is 1. The van der Waals surface area contributed by atoms with Crippen LogP contribution in [-0.4, -0.2) is 14.5 Å². The molecular formula is C15H16N4. The lowest BCUT2D eigenvalue weighted by molar-refractivity contribution is 0.945. The molecular weight excluding hydrogens is 236 g/mol. The maximum atomic E-state index is 5.69. The highest BCUT2D eigenvalue weighted by atomic mass is 15.1. The second-order valence-electron chi connectivity index (χ2n) is 4.69. The van der Waals surface area contributed by atoms with Crippen LogP contribution in [0.3, 0.4) is 0 Å². The number of aryl methyl sites for hydroxylation is 2. The average molecular weight is 252 g/mol. The molecule has 0 radical (unpaired) electrons. The zero-order valence-electron chi connectivity index (χ0n) is 11.1. The molecule has 0 amide bonds. The Bertz CT molecular complexity index is 743. The number of rotatable bonds is 2. The van der Waals surface area contributed by atoms with E-state index >= 15 is 0 Å². The van der Waals surface area contributed by atoms with Gasteiger partial charge in [0.25, 0.3) is 0 Å². The predicted octanol–water partition coefficient (Wildman–Crippen LogP) is 2.40. The van der Waals surface area contributed by atoms with Gasteiger partial charge in [-0.3, -0.25) is 4.98 Å². The van der Waals surface area contributed by atoms with Gasteiger partial charge in [0, 0.05) is 19.8 Å². The fourth-order valence-electron chi connectivity index (χ4n) is 2.29. The third kappa shape index (κ3) is 1.90. The van der Waals surface area contributed by atoms with Gasteiger partial charge in [0.2, 0.25) is 0 Å². The van der Waals surface area contributed by atoms with E-state index < -0.39 is 0 Å². The zero-order valence-corrected chi connectivity index (χ0v) is 11.1. The van der Waals surface area contributed by atoms with Crippen LogP contribution in [0.25, 0.3) is 22.6 Å². The molecule has 0 aliphatic rings. The van der Waals surface area contributed by atoms with E-state index in [1.54, 1.807) is 6.20 Å². The number of aromatic nitrogens is 3. The summed E-state index contributed by atoms with van der Waals surface area (Å²) < 4.78 is 2.07. The Balaban J connectivity index is 2.26. The number of imidazole rings is 1. The van der Waals surface area contributed by atoms with Crippen molar-refractivity contribution in [1.29, 1.82) is 0 Å². The SMILES string of the molecule is Cc1cccnc1-c1nc2ccc(CN)cc2n1C. The third-order valence-corrected chi connectivity index (χ3v) is 3.40. The zero-order chi connectivity index (χ0) is 13.4. The van der Waals surface area contributed by atoms with Crippen molar-refractivity contribution >= 4 is 11.0 Å². The summed E-state index contributed by atoms with van der Waals surface area (Å²) in [6, 6.07) is 10.1. The summed E-state index contributed by atoms with van der Waals surface area (Å²) in [4.78, 5) is 9.12. The molecule has 0 bridgehead atoms. The summed E-state index contributed by atoms with van der Waals surface area (Å²) in [7, 11) is 2.01. The van der Waals surface area contributed by atoms with Crippen LogP contribution in [0.1, 0.15) is 11.1 Å². The Morgan fingerprint density at radius 1 is 1.26 bits per heavy atom. The van der Waals surface area contributed by atoms with Gasteiger partial charge in [0.1, 0.15) is 5.69 Å². The first-order valence-electron chi connectivity index (χ1n) is 6.28. The van der Waals surface area contributed by atoms with Crippen LogP contribution >= 0.6 is 0 Å². The van der Waals surface area contributed by atoms with Crippen LogP contribution in [0.5, 0.6) is 0 Å². The fraction of sp³-hybridized carbons (Fsp3) is 0.200. The standard InChI is InChI=1S/C15H16N4/c1-10-4-3-7-17-14(10)15-18-12-6-5-11(9-16)8-13(12)19(15)2/h3-8H,9,16H2,1-2H3. The molecule has 0 saturated carbocycles. The average Bonchev–Trinajstić information content (AvgIpc) is 2.76. The smallest absolute Gasteiger partial charge is 0.159 e. The van der Waals surface area contributed by atoms with E-state index in [4.69, 9.17) is 5.73 Å². The van der Waals surface area contributed by atoms with E-state index in [9.17, 15) is 0 Å². The first kappa shape index (κ1) is 11.9. The summed E-state index contributed by atoms with van der Waals surface area (Å²) in [5.74, 6) is 0.891. The van der Waals surface area contributed by atoms with Gasteiger partial charge in [-0.25, -0.2) is 4.98 Å². The van der Waals surface area contributed by atoms with Crippen molar-refractivity contribution in [2.75, 3.05) is 0 Å². The number of nitrogens with zero attached hydrogens (tertiary/aromatic N) is 3. The van der Waals surface area contributed by atoms with Crippen molar-refractivity contribution in [3.8, 4) is 11.5 Å². The van der Waals surface area contributed by atoms with Gasteiger partial charge >= 0.3 is 0 Å². The fourth-order valence-corrected chi connectivity index (χ4v) is 2.29.